The van der Waals surface area contributed by atoms with Gasteiger partial charge in [0.25, 0.3) is 0 Å². The summed E-state index contributed by atoms with van der Waals surface area (Å²) in [6.45, 7) is 8.20. The number of rotatable bonds is 6. The fraction of sp³-hybridized carbons (Fsp3) is 0.333. The standard InChI is InChI=1S/C27H31NO2/c1-21-8-12-24(13-9-21)27(29,25-14-10-22(2)11-15-25)26(23-6-4-3-5-7-23)20-28-16-18-30-19-17-28/h3-15,26,29H,16-20H2,1-2H3. The van der Waals surface area contributed by atoms with Crippen molar-refractivity contribution in [2.75, 3.05) is 32.8 Å². The summed E-state index contributed by atoms with van der Waals surface area (Å²) in [4.78, 5) is 2.41. The SMILES string of the molecule is Cc1ccc(C(O)(c2ccc(C)cc2)C(CN2CCOCC2)c2ccccc2)cc1. The summed E-state index contributed by atoms with van der Waals surface area (Å²) in [5.74, 6) is -0.109. The van der Waals surface area contributed by atoms with Crippen LogP contribution in [0.15, 0.2) is 78.9 Å². The molecule has 1 unspecified atom stereocenters. The number of hydrogen-bond donors (Lipinski definition) is 1. The van der Waals surface area contributed by atoms with E-state index in [0.29, 0.717) is 0 Å². The van der Waals surface area contributed by atoms with Gasteiger partial charge in [0, 0.05) is 25.6 Å². The second-order valence-corrected chi connectivity index (χ2v) is 8.37. The molecule has 0 amide bonds. The number of ether oxygens (including phenoxy) is 1. The molecule has 0 saturated carbocycles. The van der Waals surface area contributed by atoms with Crippen LogP contribution in [-0.2, 0) is 10.3 Å². The van der Waals surface area contributed by atoms with E-state index in [2.05, 4.69) is 91.5 Å². The van der Waals surface area contributed by atoms with Crippen molar-refractivity contribution in [3.63, 3.8) is 0 Å². The predicted octanol–water partition coefficient (Wildman–Crippen LogP) is 4.66. The zero-order valence-corrected chi connectivity index (χ0v) is 17.9. The topological polar surface area (TPSA) is 32.7 Å². The third kappa shape index (κ3) is 4.34. The largest absolute Gasteiger partial charge is 0.380 e. The van der Waals surface area contributed by atoms with Crippen LogP contribution in [-0.4, -0.2) is 42.9 Å². The van der Waals surface area contributed by atoms with Crippen molar-refractivity contribution in [3.05, 3.63) is 107 Å². The van der Waals surface area contributed by atoms with Gasteiger partial charge in [-0.3, -0.25) is 4.90 Å². The molecule has 0 aliphatic carbocycles. The lowest BCUT2D eigenvalue weighted by Gasteiger charge is -2.41. The Balaban J connectivity index is 1.85. The van der Waals surface area contributed by atoms with Crippen molar-refractivity contribution in [1.82, 2.24) is 4.90 Å². The van der Waals surface area contributed by atoms with Crippen molar-refractivity contribution in [1.29, 1.82) is 0 Å². The first kappa shape index (κ1) is 20.8. The van der Waals surface area contributed by atoms with E-state index in [9.17, 15) is 5.11 Å². The molecule has 3 heteroatoms. The Kier molecular flexibility index (Phi) is 6.33. The first-order valence-electron chi connectivity index (χ1n) is 10.8. The number of aryl methyl sites for hydroxylation is 2. The molecule has 0 radical (unpaired) electrons. The summed E-state index contributed by atoms with van der Waals surface area (Å²) in [5.41, 5.74) is 4.25. The van der Waals surface area contributed by atoms with Crippen LogP contribution in [0, 0.1) is 13.8 Å². The zero-order valence-electron chi connectivity index (χ0n) is 17.9. The molecule has 30 heavy (non-hydrogen) atoms. The minimum atomic E-state index is -1.14. The van der Waals surface area contributed by atoms with Crippen LogP contribution < -0.4 is 0 Å². The second kappa shape index (κ2) is 9.13. The summed E-state index contributed by atoms with van der Waals surface area (Å²) in [5, 5.41) is 12.5. The van der Waals surface area contributed by atoms with E-state index in [1.54, 1.807) is 0 Å². The lowest BCUT2D eigenvalue weighted by molar-refractivity contribution is 0.000760. The Morgan fingerprint density at radius 2 is 1.30 bits per heavy atom. The van der Waals surface area contributed by atoms with Gasteiger partial charge in [0.15, 0.2) is 0 Å². The minimum absolute atomic E-state index is 0.109. The molecule has 1 saturated heterocycles. The highest BCUT2D eigenvalue weighted by Gasteiger charge is 2.42. The maximum atomic E-state index is 12.5. The Bertz CT molecular complexity index is 883. The fourth-order valence-electron chi connectivity index (χ4n) is 4.39. The Hall–Kier alpha value is -2.46. The van der Waals surface area contributed by atoms with Crippen LogP contribution >= 0.6 is 0 Å². The van der Waals surface area contributed by atoms with Gasteiger partial charge in [-0.25, -0.2) is 0 Å². The Morgan fingerprint density at radius 1 is 0.800 bits per heavy atom. The quantitative estimate of drug-likeness (QED) is 0.652. The highest BCUT2D eigenvalue weighted by atomic mass is 16.5. The average molecular weight is 402 g/mol. The van der Waals surface area contributed by atoms with E-state index in [0.717, 1.165) is 49.5 Å². The van der Waals surface area contributed by atoms with Crippen molar-refractivity contribution in [3.8, 4) is 0 Å². The molecule has 0 bridgehead atoms. The van der Waals surface area contributed by atoms with E-state index in [1.165, 1.54) is 11.1 Å². The van der Waals surface area contributed by atoms with Gasteiger partial charge in [-0.15, -0.1) is 0 Å². The molecule has 0 aromatic heterocycles. The summed E-state index contributed by atoms with van der Waals surface area (Å²) < 4.78 is 5.56. The van der Waals surface area contributed by atoms with Crippen LogP contribution in [0.4, 0.5) is 0 Å². The summed E-state index contributed by atoms with van der Waals surface area (Å²) in [6, 6.07) is 27.1. The van der Waals surface area contributed by atoms with E-state index >= 15 is 0 Å². The number of nitrogens with zero attached hydrogens (tertiary/aromatic N) is 1. The van der Waals surface area contributed by atoms with Crippen LogP contribution in [0.3, 0.4) is 0 Å². The van der Waals surface area contributed by atoms with Crippen molar-refractivity contribution >= 4 is 0 Å². The lowest BCUT2D eigenvalue weighted by atomic mass is 9.72. The number of benzene rings is 3. The molecule has 1 aliphatic heterocycles. The van der Waals surface area contributed by atoms with Gasteiger partial charge < -0.3 is 9.84 Å². The van der Waals surface area contributed by atoms with Crippen molar-refractivity contribution in [2.45, 2.75) is 25.4 Å². The van der Waals surface area contributed by atoms with Crippen molar-refractivity contribution in [2.24, 2.45) is 0 Å². The predicted molar refractivity (Wildman–Crippen MR) is 122 cm³/mol. The third-order valence-corrected chi connectivity index (χ3v) is 6.23. The normalized spacial score (nSPS) is 16.4. The molecule has 1 atom stereocenters. The van der Waals surface area contributed by atoms with E-state index < -0.39 is 5.60 Å². The molecule has 1 fully saturated rings. The van der Waals surface area contributed by atoms with Crippen LogP contribution in [0.2, 0.25) is 0 Å². The molecular formula is C27H31NO2. The maximum Gasteiger partial charge on any atom is 0.123 e. The van der Waals surface area contributed by atoms with Gasteiger partial charge in [-0.2, -0.15) is 0 Å². The summed E-state index contributed by atoms with van der Waals surface area (Å²) in [6.07, 6.45) is 0. The van der Waals surface area contributed by atoms with E-state index in [4.69, 9.17) is 4.74 Å². The monoisotopic (exact) mass is 401 g/mol. The fourth-order valence-corrected chi connectivity index (χ4v) is 4.39. The third-order valence-electron chi connectivity index (χ3n) is 6.23. The molecule has 1 aliphatic rings. The molecule has 156 valence electrons. The Morgan fingerprint density at radius 3 is 1.80 bits per heavy atom. The molecule has 4 rings (SSSR count). The lowest BCUT2D eigenvalue weighted by Crippen LogP contribution is -2.45. The smallest absolute Gasteiger partial charge is 0.123 e. The van der Waals surface area contributed by atoms with E-state index in [1.807, 2.05) is 6.07 Å². The van der Waals surface area contributed by atoms with Crippen LogP contribution in [0.1, 0.15) is 33.7 Å². The van der Waals surface area contributed by atoms with Crippen molar-refractivity contribution < 1.29 is 9.84 Å². The molecule has 0 spiro atoms. The number of aliphatic hydroxyl groups is 1. The zero-order chi connectivity index (χ0) is 21.0. The number of hydrogen-bond acceptors (Lipinski definition) is 3. The summed E-state index contributed by atoms with van der Waals surface area (Å²) in [7, 11) is 0. The molecule has 3 nitrogen and oxygen atoms in total. The highest BCUT2D eigenvalue weighted by Crippen LogP contribution is 2.43. The van der Waals surface area contributed by atoms with Gasteiger partial charge >= 0.3 is 0 Å². The molecule has 3 aromatic rings. The van der Waals surface area contributed by atoms with Gasteiger partial charge in [-0.05, 0) is 30.5 Å². The van der Waals surface area contributed by atoms with Gasteiger partial charge in [-0.1, -0.05) is 90.0 Å². The van der Waals surface area contributed by atoms with Crippen LogP contribution in [0.25, 0.3) is 0 Å². The average Bonchev–Trinajstić information content (AvgIpc) is 2.79. The minimum Gasteiger partial charge on any atom is -0.380 e. The highest BCUT2D eigenvalue weighted by molar-refractivity contribution is 5.43. The van der Waals surface area contributed by atoms with Gasteiger partial charge in [0.05, 0.1) is 13.2 Å². The first-order chi connectivity index (χ1) is 14.6. The first-order valence-corrected chi connectivity index (χ1v) is 10.8. The molecule has 3 aromatic carbocycles. The van der Waals surface area contributed by atoms with Crippen LogP contribution in [0.5, 0.6) is 0 Å². The molecule has 1 N–H and O–H groups in total. The van der Waals surface area contributed by atoms with E-state index in [-0.39, 0.29) is 5.92 Å². The second-order valence-electron chi connectivity index (χ2n) is 8.37. The summed E-state index contributed by atoms with van der Waals surface area (Å²) >= 11 is 0. The number of morpholine rings is 1. The molecular weight excluding hydrogens is 370 g/mol. The molecule has 1 heterocycles. The maximum absolute atomic E-state index is 12.5. The van der Waals surface area contributed by atoms with Gasteiger partial charge in [0.2, 0.25) is 0 Å². The van der Waals surface area contributed by atoms with Gasteiger partial charge in [0.1, 0.15) is 5.60 Å². The Labute approximate surface area is 179 Å².